The van der Waals surface area contributed by atoms with Crippen molar-refractivity contribution in [1.29, 1.82) is 0 Å². The molecule has 0 spiro atoms. The average molecular weight is 480 g/mol. The number of anilines is 1. The number of nitrogens with one attached hydrogen (secondary N) is 3. The summed E-state index contributed by atoms with van der Waals surface area (Å²) in [5, 5.41) is 14.5. The summed E-state index contributed by atoms with van der Waals surface area (Å²) in [6.45, 7) is 3.71. The molecular weight excluding hydrogens is 458 g/mol. The van der Waals surface area contributed by atoms with E-state index >= 15 is 0 Å². The third kappa shape index (κ3) is 3.85. The molecule has 6 aromatic rings. The highest BCUT2D eigenvalue weighted by molar-refractivity contribution is 7.13. The Kier molecular flexibility index (Phi) is 5.11. The van der Waals surface area contributed by atoms with E-state index in [1.807, 2.05) is 44.3 Å². The first-order chi connectivity index (χ1) is 17.1. The number of rotatable bonds is 5. The van der Waals surface area contributed by atoms with E-state index in [4.69, 9.17) is 0 Å². The van der Waals surface area contributed by atoms with Gasteiger partial charge in [-0.1, -0.05) is 19.9 Å². The molecule has 172 valence electrons. The summed E-state index contributed by atoms with van der Waals surface area (Å²) in [5.74, 6) is -0.166. The van der Waals surface area contributed by atoms with Gasteiger partial charge in [-0.15, -0.1) is 11.3 Å². The maximum Gasteiger partial charge on any atom is 0.226 e. The molecule has 0 unspecified atom stereocenters. The lowest BCUT2D eigenvalue weighted by Crippen LogP contribution is -2.17. The highest BCUT2D eigenvalue weighted by atomic mass is 32.1. The number of aromatic amines is 2. The molecule has 1 amide bonds. The molecule has 0 aromatic carbocycles. The van der Waals surface area contributed by atoms with Crippen molar-refractivity contribution >= 4 is 45.0 Å². The fourth-order valence-electron chi connectivity index (χ4n) is 4.02. The largest absolute Gasteiger partial charge is 0.338 e. The minimum absolute atomic E-state index is 0.0519. The second kappa shape index (κ2) is 8.44. The van der Waals surface area contributed by atoms with Crippen molar-refractivity contribution in [3.05, 3.63) is 66.6 Å². The number of aromatic nitrogens is 6. The third-order valence-corrected chi connectivity index (χ3v) is 6.76. The summed E-state index contributed by atoms with van der Waals surface area (Å²) in [6.07, 6.45) is 6.99. The Hall–Kier alpha value is -4.37. The maximum atomic E-state index is 12.1. The van der Waals surface area contributed by atoms with Gasteiger partial charge in [-0.3, -0.25) is 14.9 Å². The van der Waals surface area contributed by atoms with Gasteiger partial charge in [0.1, 0.15) is 11.3 Å². The number of amides is 1. The molecular formula is C26H21N7OS. The molecule has 0 aliphatic rings. The predicted octanol–water partition coefficient (Wildman–Crippen LogP) is 5.89. The molecule has 0 bridgehead atoms. The number of thiophene rings is 1. The molecule has 0 atom stereocenters. The van der Waals surface area contributed by atoms with Crippen LogP contribution in [0.25, 0.3) is 55.0 Å². The molecule has 0 saturated heterocycles. The zero-order valence-electron chi connectivity index (χ0n) is 19.0. The Balaban J connectivity index is 1.41. The molecule has 6 aromatic heterocycles. The highest BCUT2D eigenvalue weighted by Crippen LogP contribution is 2.35. The van der Waals surface area contributed by atoms with Crippen LogP contribution in [0.5, 0.6) is 0 Å². The first-order valence-electron chi connectivity index (χ1n) is 11.2. The smallest absolute Gasteiger partial charge is 0.226 e. The van der Waals surface area contributed by atoms with Gasteiger partial charge in [0, 0.05) is 56.8 Å². The van der Waals surface area contributed by atoms with E-state index in [0.29, 0.717) is 11.3 Å². The number of carbonyl (C=O) groups excluding carboxylic acids is 1. The Bertz CT molecular complexity index is 1680. The van der Waals surface area contributed by atoms with Crippen molar-refractivity contribution in [2.75, 3.05) is 5.32 Å². The predicted molar refractivity (Wildman–Crippen MR) is 139 cm³/mol. The molecule has 0 fully saturated rings. The molecule has 35 heavy (non-hydrogen) atoms. The van der Waals surface area contributed by atoms with E-state index in [1.165, 1.54) is 4.88 Å². The first kappa shape index (κ1) is 21.2. The van der Waals surface area contributed by atoms with Crippen LogP contribution in [0.15, 0.2) is 66.6 Å². The van der Waals surface area contributed by atoms with Gasteiger partial charge in [-0.2, -0.15) is 5.10 Å². The van der Waals surface area contributed by atoms with Gasteiger partial charge in [0.25, 0.3) is 0 Å². The third-order valence-electron chi connectivity index (χ3n) is 5.85. The van der Waals surface area contributed by atoms with E-state index < -0.39 is 0 Å². The van der Waals surface area contributed by atoms with Crippen LogP contribution in [0.4, 0.5) is 5.69 Å². The summed E-state index contributed by atoms with van der Waals surface area (Å²) in [5.41, 5.74) is 6.64. The molecule has 6 rings (SSSR count). The number of pyridine rings is 3. The Morgan fingerprint density at radius 1 is 1.00 bits per heavy atom. The second-order valence-corrected chi connectivity index (χ2v) is 9.53. The molecule has 0 saturated carbocycles. The number of hydrogen-bond acceptors (Lipinski definition) is 6. The van der Waals surface area contributed by atoms with Crippen molar-refractivity contribution in [3.63, 3.8) is 0 Å². The minimum Gasteiger partial charge on any atom is -0.338 e. The van der Waals surface area contributed by atoms with Crippen molar-refractivity contribution in [1.82, 2.24) is 30.1 Å². The minimum atomic E-state index is -0.115. The SMILES string of the molecule is CC(C)C(=O)Nc1cncc(-c2cnc3[nH]nc(-c4cc5c(-c6cccs6)ccnc5[nH]4)c3c2)c1. The van der Waals surface area contributed by atoms with Gasteiger partial charge in [0.2, 0.25) is 5.91 Å². The Morgan fingerprint density at radius 3 is 2.71 bits per heavy atom. The monoisotopic (exact) mass is 479 g/mol. The van der Waals surface area contributed by atoms with Gasteiger partial charge in [0.05, 0.1) is 17.6 Å². The summed E-state index contributed by atoms with van der Waals surface area (Å²) in [4.78, 5) is 30.1. The van der Waals surface area contributed by atoms with Gasteiger partial charge in [-0.25, -0.2) is 9.97 Å². The van der Waals surface area contributed by atoms with Crippen LogP contribution in [0.2, 0.25) is 0 Å². The number of hydrogen-bond donors (Lipinski definition) is 3. The van der Waals surface area contributed by atoms with Crippen LogP contribution >= 0.6 is 11.3 Å². The van der Waals surface area contributed by atoms with Crippen molar-refractivity contribution in [2.24, 2.45) is 5.92 Å². The number of carbonyl (C=O) groups is 1. The van der Waals surface area contributed by atoms with E-state index in [2.05, 4.69) is 53.0 Å². The highest BCUT2D eigenvalue weighted by Gasteiger charge is 2.16. The number of H-pyrrole nitrogens is 2. The molecule has 0 radical (unpaired) electrons. The summed E-state index contributed by atoms with van der Waals surface area (Å²) < 4.78 is 0. The fraction of sp³-hybridized carbons (Fsp3) is 0.115. The normalized spacial score (nSPS) is 11.5. The first-order valence-corrected chi connectivity index (χ1v) is 12.1. The van der Waals surface area contributed by atoms with Crippen LogP contribution in [0.3, 0.4) is 0 Å². The zero-order chi connectivity index (χ0) is 23.9. The zero-order valence-corrected chi connectivity index (χ0v) is 19.9. The average Bonchev–Trinajstić information content (AvgIpc) is 3.62. The summed E-state index contributed by atoms with van der Waals surface area (Å²) in [7, 11) is 0. The molecule has 0 aliphatic carbocycles. The van der Waals surface area contributed by atoms with Crippen LogP contribution in [0.1, 0.15) is 13.8 Å². The second-order valence-electron chi connectivity index (χ2n) is 8.58. The molecule has 3 N–H and O–H groups in total. The van der Waals surface area contributed by atoms with E-state index in [-0.39, 0.29) is 11.8 Å². The van der Waals surface area contributed by atoms with Crippen LogP contribution in [0, 0.1) is 5.92 Å². The van der Waals surface area contributed by atoms with E-state index in [0.717, 1.165) is 44.5 Å². The summed E-state index contributed by atoms with van der Waals surface area (Å²) >= 11 is 1.70. The van der Waals surface area contributed by atoms with Crippen molar-refractivity contribution in [3.8, 4) is 33.0 Å². The van der Waals surface area contributed by atoms with Gasteiger partial charge < -0.3 is 10.3 Å². The molecule has 6 heterocycles. The summed E-state index contributed by atoms with van der Waals surface area (Å²) in [6, 6.07) is 12.2. The lowest BCUT2D eigenvalue weighted by molar-refractivity contribution is -0.118. The van der Waals surface area contributed by atoms with E-state index in [1.54, 1.807) is 29.9 Å². The van der Waals surface area contributed by atoms with Gasteiger partial charge >= 0.3 is 0 Å². The molecule has 0 aliphatic heterocycles. The van der Waals surface area contributed by atoms with Crippen molar-refractivity contribution < 1.29 is 4.79 Å². The lowest BCUT2D eigenvalue weighted by Gasteiger charge is -2.09. The van der Waals surface area contributed by atoms with E-state index in [9.17, 15) is 4.79 Å². The van der Waals surface area contributed by atoms with Crippen LogP contribution < -0.4 is 5.32 Å². The standard InChI is InChI=1S/C26H21N7OS/c1-14(2)26(34)30-17-8-15(11-27-13-17)16-9-20-23(32-33-25(20)29-12-16)21-10-19-18(22-4-3-7-35-22)5-6-28-24(19)31-21/h3-14H,1-2H3,(H,28,31)(H,30,34)(H,29,32,33). The quantitative estimate of drug-likeness (QED) is 0.286. The topological polar surface area (TPSA) is 112 Å². The number of fused-ring (bicyclic) bond motifs is 2. The molecule has 8 nitrogen and oxygen atoms in total. The Morgan fingerprint density at radius 2 is 1.89 bits per heavy atom. The van der Waals surface area contributed by atoms with Crippen LogP contribution in [-0.4, -0.2) is 36.0 Å². The van der Waals surface area contributed by atoms with Crippen molar-refractivity contribution in [2.45, 2.75) is 13.8 Å². The fourth-order valence-corrected chi connectivity index (χ4v) is 4.79. The van der Waals surface area contributed by atoms with Gasteiger partial charge in [0.15, 0.2) is 5.65 Å². The van der Waals surface area contributed by atoms with Crippen LogP contribution in [-0.2, 0) is 4.79 Å². The van der Waals surface area contributed by atoms with Gasteiger partial charge in [-0.05, 0) is 35.7 Å². The Labute approximate surface area is 204 Å². The number of nitrogens with zero attached hydrogens (tertiary/aromatic N) is 4. The molecule has 9 heteroatoms. The lowest BCUT2D eigenvalue weighted by atomic mass is 10.1. The maximum absolute atomic E-state index is 12.1.